The number of nitrogens with zero attached hydrogens (tertiary/aromatic N) is 4. The topological polar surface area (TPSA) is 90.7 Å². The summed E-state index contributed by atoms with van der Waals surface area (Å²) in [4.78, 5) is 20.3. The smallest absolute Gasteiger partial charge is 0.165 e. The van der Waals surface area contributed by atoms with Crippen molar-refractivity contribution in [3.05, 3.63) is 63.5 Å². The number of halogens is 2. The van der Waals surface area contributed by atoms with Crippen LogP contribution < -0.4 is 11.1 Å². The predicted molar refractivity (Wildman–Crippen MR) is 138 cm³/mol. The summed E-state index contributed by atoms with van der Waals surface area (Å²) in [7, 11) is 3.90. The summed E-state index contributed by atoms with van der Waals surface area (Å²) >= 11 is 6.28. The van der Waals surface area contributed by atoms with Crippen LogP contribution in [-0.4, -0.2) is 67.3 Å². The fourth-order valence-electron chi connectivity index (χ4n) is 5.40. The van der Waals surface area contributed by atoms with Gasteiger partial charge in [-0.25, -0.2) is 4.39 Å². The minimum absolute atomic E-state index is 0.233. The molecule has 9 heteroatoms. The van der Waals surface area contributed by atoms with Gasteiger partial charge in [0.15, 0.2) is 12.1 Å². The molecule has 2 fully saturated rings. The quantitative estimate of drug-likeness (QED) is 0.314. The Hall–Kier alpha value is -2.97. The molecule has 3 N–H and O–H groups in total. The van der Waals surface area contributed by atoms with Gasteiger partial charge in [0.1, 0.15) is 5.82 Å². The lowest BCUT2D eigenvalue weighted by molar-refractivity contribution is -0.0920. The Labute approximate surface area is 210 Å². The molecule has 0 atom stereocenters. The molecule has 0 bridgehead atoms. The zero-order valence-corrected chi connectivity index (χ0v) is 20.9. The number of likely N-dealkylation sites (tertiary alicyclic amines) is 1. The SMILES string of the molecule is CN(C)/C=C\c1c(CC2CC3(C2)CN(CCN=c2cc(N)n(C=N)cc2F)C3)ccc(Cl)c1C=O. The molecule has 2 aromatic rings. The molecule has 186 valence electrons. The maximum absolute atomic E-state index is 14.1. The van der Waals surface area contributed by atoms with Crippen molar-refractivity contribution in [1.29, 1.82) is 5.41 Å². The number of carbonyl (C=O) groups is 1. The van der Waals surface area contributed by atoms with Gasteiger partial charge in [-0.3, -0.25) is 19.8 Å². The monoisotopic (exact) mass is 498 g/mol. The van der Waals surface area contributed by atoms with Crippen molar-refractivity contribution in [3.8, 4) is 0 Å². The Kier molecular flexibility index (Phi) is 7.42. The van der Waals surface area contributed by atoms with Crippen LogP contribution in [0.25, 0.3) is 6.08 Å². The third-order valence-electron chi connectivity index (χ3n) is 6.97. The van der Waals surface area contributed by atoms with Crippen LogP contribution in [0, 0.1) is 22.6 Å². The first-order valence-electron chi connectivity index (χ1n) is 11.8. The third-order valence-corrected chi connectivity index (χ3v) is 7.30. The summed E-state index contributed by atoms with van der Waals surface area (Å²) in [5, 5.41) is 7.94. The lowest BCUT2D eigenvalue weighted by atomic mass is 9.56. The number of benzene rings is 1. The molecule has 1 saturated heterocycles. The van der Waals surface area contributed by atoms with Crippen LogP contribution in [0.2, 0.25) is 5.02 Å². The fraction of sp³-hybridized carbons (Fsp3) is 0.423. The van der Waals surface area contributed by atoms with Crippen LogP contribution in [0.3, 0.4) is 0 Å². The Morgan fingerprint density at radius 2 is 2.06 bits per heavy atom. The van der Waals surface area contributed by atoms with Gasteiger partial charge in [0.05, 0.1) is 23.3 Å². The zero-order valence-electron chi connectivity index (χ0n) is 20.2. The average molecular weight is 499 g/mol. The van der Waals surface area contributed by atoms with Gasteiger partial charge in [0.25, 0.3) is 0 Å². The van der Waals surface area contributed by atoms with Crippen LogP contribution in [0.5, 0.6) is 0 Å². The van der Waals surface area contributed by atoms with E-state index in [1.807, 2.05) is 43.4 Å². The predicted octanol–water partition coefficient (Wildman–Crippen LogP) is 3.52. The number of hydrogen-bond donors (Lipinski definition) is 2. The lowest BCUT2D eigenvalue weighted by Crippen LogP contribution is -2.62. The number of pyridine rings is 1. The number of aldehydes is 1. The minimum Gasteiger partial charge on any atom is -0.385 e. The van der Waals surface area contributed by atoms with E-state index < -0.39 is 5.82 Å². The molecule has 1 aliphatic carbocycles. The molecule has 1 spiro atoms. The number of anilines is 1. The Morgan fingerprint density at radius 3 is 2.71 bits per heavy atom. The normalized spacial score (nSPS) is 18.0. The molecule has 1 aromatic carbocycles. The van der Waals surface area contributed by atoms with Crippen LogP contribution in [-0.2, 0) is 6.42 Å². The van der Waals surface area contributed by atoms with E-state index in [2.05, 4.69) is 9.89 Å². The van der Waals surface area contributed by atoms with E-state index in [4.69, 9.17) is 22.7 Å². The molecule has 2 heterocycles. The van der Waals surface area contributed by atoms with E-state index in [1.165, 1.54) is 29.7 Å². The first kappa shape index (κ1) is 25.1. The summed E-state index contributed by atoms with van der Waals surface area (Å²) in [5.74, 6) is 0.394. The molecule has 0 amide bonds. The summed E-state index contributed by atoms with van der Waals surface area (Å²) < 4.78 is 15.3. The third kappa shape index (κ3) is 5.49. The highest BCUT2D eigenvalue weighted by Crippen LogP contribution is 2.53. The van der Waals surface area contributed by atoms with Crippen molar-refractivity contribution >= 4 is 36.1 Å². The second-order valence-electron chi connectivity index (χ2n) is 9.97. The van der Waals surface area contributed by atoms with Crippen LogP contribution in [0.4, 0.5) is 10.2 Å². The zero-order chi connectivity index (χ0) is 25.2. The van der Waals surface area contributed by atoms with Crippen LogP contribution in [0.15, 0.2) is 35.6 Å². The number of nitrogens with two attached hydrogens (primary N) is 1. The lowest BCUT2D eigenvalue weighted by Gasteiger charge is -2.59. The number of nitrogen functional groups attached to an aromatic ring is 1. The largest absolute Gasteiger partial charge is 0.385 e. The summed E-state index contributed by atoms with van der Waals surface area (Å²) in [6, 6.07) is 5.33. The molecule has 2 aliphatic rings. The summed E-state index contributed by atoms with van der Waals surface area (Å²) in [5.41, 5.74) is 8.82. The molecule has 0 unspecified atom stereocenters. The maximum atomic E-state index is 14.1. The number of aromatic nitrogens is 1. The van der Waals surface area contributed by atoms with Gasteiger partial charge >= 0.3 is 0 Å². The van der Waals surface area contributed by atoms with E-state index in [0.717, 1.165) is 49.8 Å². The number of hydrogen-bond acceptors (Lipinski definition) is 6. The second-order valence-corrected chi connectivity index (χ2v) is 10.4. The maximum Gasteiger partial charge on any atom is 0.165 e. The van der Waals surface area contributed by atoms with E-state index >= 15 is 0 Å². The Balaban J connectivity index is 1.30. The molecular weight excluding hydrogens is 467 g/mol. The average Bonchev–Trinajstić information content (AvgIpc) is 2.77. The highest BCUT2D eigenvalue weighted by Gasteiger charge is 2.51. The van der Waals surface area contributed by atoms with E-state index in [1.54, 1.807) is 0 Å². The van der Waals surface area contributed by atoms with Crippen molar-refractivity contribution < 1.29 is 9.18 Å². The van der Waals surface area contributed by atoms with Crippen molar-refractivity contribution in [1.82, 2.24) is 14.4 Å². The van der Waals surface area contributed by atoms with Crippen molar-refractivity contribution in [2.24, 2.45) is 16.3 Å². The summed E-state index contributed by atoms with van der Waals surface area (Å²) in [6.45, 7) is 3.37. The first-order chi connectivity index (χ1) is 16.7. The van der Waals surface area contributed by atoms with Gasteiger partial charge in [-0.05, 0) is 60.1 Å². The van der Waals surface area contributed by atoms with E-state index in [-0.39, 0.29) is 11.2 Å². The van der Waals surface area contributed by atoms with Gasteiger partial charge in [-0.15, -0.1) is 0 Å². The minimum atomic E-state index is -0.482. The van der Waals surface area contributed by atoms with Crippen molar-refractivity contribution in [2.45, 2.75) is 19.3 Å². The molecule has 1 saturated carbocycles. The van der Waals surface area contributed by atoms with E-state index in [9.17, 15) is 9.18 Å². The Bertz CT molecular complexity index is 1210. The van der Waals surface area contributed by atoms with Crippen molar-refractivity contribution in [3.63, 3.8) is 0 Å². The Morgan fingerprint density at radius 1 is 1.31 bits per heavy atom. The standard InChI is InChI=1S/C26H32ClFN6O/c1-32(2)7-5-20-19(3-4-22(27)21(20)14-35)9-18-11-26(12-18)15-33(16-26)8-6-31-24-10-25(30)34(17-29)13-23(24)28/h3-5,7,10,13-14,17-18,29H,6,8-9,11-12,15-16,30H2,1-2H3/b7-5-,29-17?,31-24?. The van der Waals surface area contributed by atoms with Crippen molar-refractivity contribution in [2.75, 3.05) is 46.0 Å². The molecule has 1 aromatic heterocycles. The first-order valence-corrected chi connectivity index (χ1v) is 12.1. The molecule has 4 rings (SSSR count). The van der Waals surface area contributed by atoms with Gasteiger partial charge < -0.3 is 15.5 Å². The molecular formula is C26H32ClFN6O. The van der Waals surface area contributed by atoms with Crippen LogP contribution in [0.1, 0.15) is 34.3 Å². The summed E-state index contributed by atoms with van der Waals surface area (Å²) in [6.07, 6.45) is 10.2. The number of rotatable bonds is 9. The number of nitrogens with one attached hydrogen (secondary N) is 1. The molecule has 35 heavy (non-hydrogen) atoms. The van der Waals surface area contributed by atoms with Gasteiger partial charge in [-0.2, -0.15) is 0 Å². The van der Waals surface area contributed by atoms with Gasteiger partial charge in [0, 0.05) is 51.6 Å². The molecule has 1 aliphatic heterocycles. The molecule has 0 radical (unpaired) electrons. The van der Waals surface area contributed by atoms with Gasteiger partial charge in [-0.1, -0.05) is 17.7 Å². The highest BCUT2D eigenvalue weighted by molar-refractivity contribution is 6.33. The fourth-order valence-corrected chi connectivity index (χ4v) is 5.61. The second kappa shape index (κ2) is 10.3. The van der Waals surface area contributed by atoms with Gasteiger partial charge in [0.2, 0.25) is 0 Å². The number of carbonyl (C=O) groups excluding carboxylic acids is 1. The highest BCUT2D eigenvalue weighted by atomic mass is 35.5. The van der Waals surface area contributed by atoms with Crippen LogP contribution >= 0.6 is 11.6 Å². The molecule has 7 nitrogen and oxygen atoms in total. The van der Waals surface area contributed by atoms with E-state index in [0.29, 0.717) is 28.5 Å².